The lowest BCUT2D eigenvalue weighted by molar-refractivity contribution is 0.624. The lowest BCUT2D eigenvalue weighted by atomic mass is 10.3. The van der Waals surface area contributed by atoms with Crippen LogP contribution in [0.25, 0.3) is 0 Å². The van der Waals surface area contributed by atoms with E-state index in [1.807, 2.05) is 0 Å². The summed E-state index contributed by atoms with van der Waals surface area (Å²) < 4.78 is 14.1. The van der Waals surface area contributed by atoms with Crippen LogP contribution in [0.3, 0.4) is 0 Å². The van der Waals surface area contributed by atoms with E-state index in [0.717, 1.165) is 16.3 Å². The van der Waals surface area contributed by atoms with E-state index in [9.17, 15) is 14.0 Å². The van der Waals surface area contributed by atoms with Crippen LogP contribution in [-0.2, 0) is 7.05 Å². The second-order valence-corrected chi connectivity index (χ2v) is 4.92. The predicted octanol–water partition coefficient (Wildman–Crippen LogP) is 1.42. The van der Waals surface area contributed by atoms with Gasteiger partial charge in [0.2, 0.25) is 0 Å². The van der Waals surface area contributed by atoms with E-state index in [2.05, 4.69) is 10.3 Å². The van der Waals surface area contributed by atoms with Crippen LogP contribution in [-0.4, -0.2) is 9.55 Å². The number of nitrogens with zero attached hydrogens (tertiary/aromatic N) is 1. The average molecular weight is 265 g/mol. The van der Waals surface area contributed by atoms with Crippen molar-refractivity contribution in [2.45, 2.75) is 9.92 Å². The first-order chi connectivity index (χ1) is 8.56. The second-order valence-electron chi connectivity index (χ2n) is 3.87. The van der Waals surface area contributed by atoms with Crippen molar-refractivity contribution in [1.82, 2.24) is 9.55 Å². The van der Waals surface area contributed by atoms with Crippen LogP contribution in [0, 0.1) is 5.82 Å². The molecule has 0 saturated heterocycles. The highest BCUT2D eigenvalue weighted by Crippen LogP contribution is 2.41. The normalized spacial score (nSPS) is 12.6. The molecule has 2 N–H and O–H groups in total. The third-order valence-corrected chi connectivity index (χ3v) is 3.75. The Bertz CT molecular complexity index is 766. The van der Waals surface area contributed by atoms with Crippen LogP contribution >= 0.6 is 11.8 Å². The summed E-state index contributed by atoms with van der Waals surface area (Å²) in [5, 5.41) is 3.32. The molecule has 0 amide bonds. The Labute approximate surface area is 105 Å². The van der Waals surface area contributed by atoms with Crippen LogP contribution in [0.5, 0.6) is 0 Å². The molecule has 0 aliphatic carbocycles. The number of hydrogen-bond donors (Lipinski definition) is 2. The van der Waals surface area contributed by atoms with Crippen molar-refractivity contribution in [3.05, 3.63) is 44.9 Å². The Morgan fingerprint density at radius 1 is 1.33 bits per heavy atom. The van der Waals surface area contributed by atoms with Crippen molar-refractivity contribution in [3.8, 4) is 0 Å². The van der Waals surface area contributed by atoms with Gasteiger partial charge in [0.1, 0.15) is 16.5 Å². The van der Waals surface area contributed by atoms with Crippen molar-refractivity contribution in [2.75, 3.05) is 5.32 Å². The van der Waals surface area contributed by atoms with Crippen LogP contribution in [0.1, 0.15) is 0 Å². The molecule has 18 heavy (non-hydrogen) atoms. The van der Waals surface area contributed by atoms with E-state index in [1.54, 1.807) is 6.07 Å². The quantitative estimate of drug-likeness (QED) is 0.603. The van der Waals surface area contributed by atoms with Crippen LogP contribution in [0.4, 0.5) is 15.8 Å². The zero-order chi connectivity index (χ0) is 12.9. The molecule has 92 valence electrons. The maximum absolute atomic E-state index is 13.1. The number of benzene rings is 1. The number of aromatic nitrogens is 2. The summed E-state index contributed by atoms with van der Waals surface area (Å²) in [5.41, 5.74) is 0.0587. The third kappa shape index (κ3) is 1.55. The van der Waals surface area contributed by atoms with Gasteiger partial charge in [0, 0.05) is 11.9 Å². The molecule has 5 nitrogen and oxygen atoms in total. The molecule has 0 unspecified atom stereocenters. The minimum Gasteiger partial charge on any atom is -0.348 e. The SMILES string of the molecule is Cn1c(=O)[nH]c2c(c1=O)Nc1ccc(F)cc1S2. The van der Waals surface area contributed by atoms with E-state index < -0.39 is 11.2 Å². The molecule has 0 spiro atoms. The fourth-order valence-corrected chi connectivity index (χ4v) is 2.72. The third-order valence-electron chi connectivity index (χ3n) is 2.69. The number of aromatic amines is 1. The van der Waals surface area contributed by atoms with E-state index in [4.69, 9.17) is 0 Å². The fourth-order valence-electron chi connectivity index (χ4n) is 1.72. The first-order valence-corrected chi connectivity index (χ1v) is 5.95. The number of halogens is 1. The monoisotopic (exact) mass is 265 g/mol. The molecule has 3 rings (SSSR count). The summed E-state index contributed by atoms with van der Waals surface area (Å²) >= 11 is 1.16. The maximum Gasteiger partial charge on any atom is 0.329 e. The molecule has 0 fully saturated rings. The highest BCUT2D eigenvalue weighted by atomic mass is 32.2. The fraction of sp³-hybridized carbons (Fsp3) is 0.0909. The molecule has 0 saturated carbocycles. The Hall–Kier alpha value is -2.02. The highest BCUT2D eigenvalue weighted by molar-refractivity contribution is 7.99. The van der Waals surface area contributed by atoms with Gasteiger partial charge in [0.15, 0.2) is 0 Å². The first-order valence-electron chi connectivity index (χ1n) is 5.14. The Kier molecular flexibility index (Phi) is 2.30. The van der Waals surface area contributed by atoms with Gasteiger partial charge < -0.3 is 5.32 Å². The highest BCUT2D eigenvalue weighted by Gasteiger charge is 2.21. The Morgan fingerprint density at radius 2 is 2.11 bits per heavy atom. The summed E-state index contributed by atoms with van der Waals surface area (Å²) in [7, 11) is 1.40. The number of rotatable bonds is 0. The van der Waals surface area contributed by atoms with E-state index >= 15 is 0 Å². The Balaban J connectivity index is 2.23. The molecule has 7 heteroatoms. The summed E-state index contributed by atoms with van der Waals surface area (Å²) in [6.45, 7) is 0. The van der Waals surface area contributed by atoms with E-state index in [-0.39, 0.29) is 5.82 Å². The van der Waals surface area contributed by atoms with Crippen LogP contribution in [0.15, 0.2) is 37.7 Å². The maximum atomic E-state index is 13.1. The molecule has 2 heterocycles. The van der Waals surface area contributed by atoms with Gasteiger partial charge in [-0.2, -0.15) is 0 Å². The van der Waals surface area contributed by atoms with Gasteiger partial charge in [-0.25, -0.2) is 9.18 Å². The van der Waals surface area contributed by atoms with Gasteiger partial charge in [-0.1, -0.05) is 11.8 Å². The van der Waals surface area contributed by atoms with Crippen LogP contribution in [0.2, 0.25) is 0 Å². The molecule has 1 aliphatic rings. The van der Waals surface area contributed by atoms with Gasteiger partial charge in [-0.15, -0.1) is 0 Å². The van der Waals surface area contributed by atoms with Crippen molar-refractivity contribution in [3.63, 3.8) is 0 Å². The minimum absolute atomic E-state index is 0.307. The summed E-state index contributed by atoms with van der Waals surface area (Å²) in [5.74, 6) is -0.363. The largest absolute Gasteiger partial charge is 0.348 e. The second kappa shape index (κ2) is 3.74. The number of fused-ring (bicyclic) bond motifs is 2. The number of hydrogen-bond acceptors (Lipinski definition) is 4. The van der Waals surface area contributed by atoms with Crippen LogP contribution < -0.4 is 16.6 Å². The molecule has 0 bridgehead atoms. The topological polar surface area (TPSA) is 66.9 Å². The van der Waals surface area contributed by atoms with Gasteiger partial charge >= 0.3 is 5.69 Å². The average Bonchev–Trinajstić information content (AvgIpc) is 2.34. The zero-order valence-corrected chi connectivity index (χ0v) is 10.1. The molecule has 1 aromatic carbocycles. The molecule has 1 aliphatic heterocycles. The Morgan fingerprint density at radius 3 is 2.89 bits per heavy atom. The first kappa shape index (κ1) is 11.1. The van der Waals surface area contributed by atoms with Gasteiger partial charge in [-0.05, 0) is 18.2 Å². The molecule has 1 aromatic heterocycles. The smallest absolute Gasteiger partial charge is 0.329 e. The van der Waals surface area contributed by atoms with E-state index in [0.29, 0.717) is 21.3 Å². The summed E-state index contributed by atoms with van der Waals surface area (Å²) in [4.78, 5) is 26.6. The van der Waals surface area contributed by atoms with Gasteiger partial charge in [0.25, 0.3) is 5.56 Å². The lowest BCUT2D eigenvalue weighted by Gasteiger charge is -2.19. The zero-order valence-electron chi connectivity index (χ0n) is 9.28. The van der Waals surface area contributed by atoms with Gasteiger partial charge in [0.05, 0.1) is 5.69 Å². The molecular weight excluding hydrogens is 257 g/mol. The van der Waals surface area contributed by atoms with E-state index in [1.165, 1.54) is 19.2 Å². The molecule has 0 radical (unpaired) electrons. The van der Waals surface area contributed by atoms with Crippen molar-refractivity contribution in [1.29, 1.82) is 0 Å². The van der Waals surface area contributed by atoms with Crippen molar-refractivity contribution < 1.29 is 4.39 Å². The van der Waals surface area contributed by atoms with Crippen molar-refractivity contribution in [2.24, 2.45) is 7.05 Å². The summed E-state index contributed by atoms with van der Waals surface area (Å²) in [6, 6.07) is 4.23. The number of H-pyrrole nitrogens is 1. The predicted molar refractivity (Wildman–Crippen MR) is 66.1 cm³/mol. The summed E-state index contributed by atoms with van der Waals surface area (Å²) in [6.07, 6.45) is 0. The lowest BCUT2D eigenvalue weighted by Crippen LogP contribution is -2.35. The number of anilines is 2. The molecule has 2 aromatic rings. The minimum atomic E-state index is -0.493. The van der Waals surface area contributed by atoms with Gasteiger partial charge in [-0.3, -0.25) is 14.3 Å². The van der Waals surface area contributed by atoms with Crippen molar-refractivity contribution >= 4 is 23.1 Å². The number of nitrogens with one attached hydrogen (secondary N) is 2. The standard InChI is InChI=1S/C11H8FN3O2S/c1-15-10(16)8-9(14-11(15)17)18-7-4-5(12)2-3-6(7)13-8/h2-4,13H,1H3,(H,14,17). The molecule has 0 atom stereocenters. The molecular formula is C11H8FN3O2S.